The third-order valence-electron chi connectivity index (χ3n) is 11.8. The molecule has 0 aromatic heterocycles. The SMILES string of the molecule is CC/C=C/C/C=C/C/C=C/CCCCCCCCC(=O)OC(CCCCC/C=C/C=C/C=C/C=C/CCCCC)CC(=O)NC(CO)C(O)CCCCCCCCCCCCCCC. The molecule has 6 nitrogen and oxygen atoms in total. The quantitative estimate of drug-likeness (QED) is 0.0245. The maximum absolute atomic E-state index is 13.2. The summed E-state index contributed by atoms with van der Waals surface area (Å²) in [5, 5.41) is 23.8. The maximum Gasteiger partial charge on any atom is 0.306 e. The van der Waals surface area contributed by atoms with E-state index in [1.54, 1.807) is 0 Å². The van der Waals surface area contributed by atoms with E-state index in [1.807, 2.05) is 6.08 Å². The Morgan fingerprint density at radius 1 is 0.484 bits per heavy atom. The molecule has 0 saturated carbocycles. The van der Waals surface area contributed by atoms with Gasteiger partial charge in [-0.1, -0.05) is 234 Å². The first kappa shape index (κ1) is 61.0. The summed E-state index contributed by atoms with van der Waals surface area (Å²) in [5.41, 5.74) is 0. The minimum atomic E-state index is -0.805. The summed E-state index contributed by atoms with van der Waals surface area (Å²) >= 11 is 0. The molecule has 0 aromatic carbocycles. The van der Waals surface area contributed by atoms with E-state index >= 15 is 0 Å². The summed E-state index contributed by atoms with van der Waals surface area (Å²) in [6, 6.07) is -0.722. The summed E-state index contributed by atoms with van der Waals surface area (Å²) in [4.78, 5) is 26.2. The number of ether oxygens (including phenoxy) is 1. The Labute approximate surface area is 395 Å². The summed E-state index contributed by atoms with van der Waals surface area (Å²) in [6.45, 7) is 6.32. The number of rotatable bonds is 47. The number of hydrogen-bond donors (Lipinski definition) is 3. The number of hydrogen-bond acceptors (Lipinski definition) is 5. The monoisotopic (exact) mass is 892 g/mol. The average molecular weight is 892 g/mol. The lowest BCUT2D eigenvalue weighted by molar-refractivity contribution is -0.151. The Bertz CT molecular complexity index is 1230. The number of carbonyl (C=O) groups excluding carboxylic acids is 2. The number of aliphatic hydroxyl groups is 2. The van der Waals surface area contributed by atoms with Crippen LogP contribution in [0, 0.1) is 0 Å². The normalized spacial score (nSPS) is 13.9. The van der Waals surface area contributed by atoms with Crippen molar-refractivity contribution in [1.82, 2.24) is 5.32 Å². The molecule has 0 saturated heterocycles. The molecule has 64 heavy (non-hydrogen) atoms. The number of esters is 1. The molecule has 0 aromatic rings. The van der Waals surface area contributed by atoms with Crippen LogP contribution in [0.2, 0.25) is 0 Å². The van der Waals surface area contributed by atoms with Crippen molar-refractivity contribution < 1.29 is 24.5 Å². The van der Waals surface area contributed by atoms with Crippen molar-refractivity contribution in [1.29, 1.82) is 0 Å². The van der Waals surface area contributed by atoms with Gasteiger partial charge in [-0.15, -0.1) is 0 Å². The van der Waals surface area contributed by atoms with E-state index in [0.29, 0.717) is 19.3 Å². The van der Waals surface area contributed by atoms with Crippen LogP contribution in [0.5, 0.6) is 0 Å². The molecular weight excluding hydrogens is 791 g/mol. The van der Waals surface area contributed by atoms with Gasteiger partial charge in [-0.25, -0.2) is 0 Å². The Hall–Kier alpha value is -2.96. The highest BCUT2D eigenvalue weighted by Gasteiger charge is 2.24. The van der Waals surface area contributed by atoms with Gasteiger partial charge in [0.15, 0.2) is 0 Å². The molecule has 0 bridgehead atoms. The van der Waals surface area contributed by atoms with Crippen molar-refractivity contribution in [3.05, 3.63) is 85.1 Å². The lowest BCUT2D eigenvalue weighted by atomic mass is 10.0. The number of amides is 1. The van der Waals surface area contributed by atoms with Gasteiger partial charge in [-0.05, 0) is 83.5 Å². The highest BCUT2D eigenvalue weighted by atomic mass is 16.5. The van der Waals surface area contributed by atoms with Crippen LogP contribution in [0.25, 0.3) is 0 Å². The molecular formula is C58H101NO5. The fraction of sp³-hybridized carbons (Fsp3) is 0.724. The Morgan fingerprint density at radius 2 is 0.906 bits per heavy atom. The smallest absolute Gasteiger partial charge is 0.306 e. The predicted molar refractivity (Wildman–Crippen MR) is 278 cm³/mol. The predicted octanol–water partition coefficient (Wildman–Crippen LogP) is 16.3. The van der Waals surface area contributed by atoms with Gasteiger partial charge >= 0.3 is 5.97 Å². The van der Waals surface area contributed by atoms with Gasteiger partial charge in [-0.3, -0.25) is 9.59 Å². The minimum absolute atomic E-state index is 0.0425. The van der Waals surface area contributed by atoms with E-state index in [9.17, 15) is 19.8 Å². The Kier molecular flexibility index (Phi) is 48.7. The van der Waals surface area contributed by atoms with E-state index in [1.165, 1.54) is 103 Å². The number of carbonyl (C=O) groups is 2. The molecule has 0 spiro atoms. The van der Waals surface area contributed by atoms with Crippen molar-refractivity contribution in [2.45, 2.75) is 264 Å². The van der Waals surface area contributed by atoms with Crippen molar-refractivity contribution in [3.63, 3.8) is 0 Å². The maximum atomic E-state index is 13.2. The molecule has 0 aliphatic carbocycles. The highest BCUT2D eigenvalue weighted by molar-refractivity contribution is 5.77. The van der Waals surface area contributed by atoms with Crippen LogP contribution >= 0.6 is 0 Å². The number of nitrogens with one attached hydrogen (secondary N) is 1. The first-order valence-electron chi connectivity index (χ1n) is 26.9. The van der Waals surface area contributed by atoms with E-state index < -0.39 is 18.2 Å². The van der Waals surface area contributed by atoms with E-state index in [2.05, 4.69) is 105 Å². The second-order valence-corrected chi connectivity index (χ2v) is 18.0. The summed E-state index contributed by atoms with van der Waals surface area (Å²) in [6.07, 6.45) is 66.3. The van der Waals surface area contributed by atoms with Gasteiger partial charge in [0.25, 0.3) is 0 Å². The van der Waals surface area contributed by atoms with Crippen LogP contribution in [0.4, 0.5) is 0 Å². The van der Waals surface area contributed by atoms with Crippen molar-refractivity contribution in [3.8, 4) is 0 Å². The third-order valence-corrected chi connectivity index (χ3v) is 11.8. The van der Waals surface area contributed by atoms with Gasteiger partial charge in [-0.2, -0.15) is 0 Å². The number of unbranched alkanes of at least 4 members (excludes halogenated alkanes) is 24. The van der Waals surface area contributed by atoms with Crippen LogP contribution in [-0.2, 0) is 14.3 Å². The van der Waals surface area contributed by atoms with Crippen molar-refractivity contribution in [2.75, 3.05) is 6.61 Å². The van der Waals surface area contributed by atoms with E-state index in [0.717, 1.165) is 96.3 Å². The summed E-state index contributed by atoms with van der Waals surface area (Å²) < 4.78 is 5.92. The minimum Gasteiger partial charge on any atom is -0.462 e. The van der Waals surface area contributed by atoms with E-state index in [4.69, 9.17) is 4.74 Å². The second kappa shape index (κ2) is 51.0. The lowest BCUT2D eigenvalue weighted by Gasteiger charge is -2.24. The zero-order valence-electron chi connectivity index (χ0n) is 41.9. The first-order chi connectivity index (χ1) is 31.5. The van der Waals surface area contributed by atoms with Crippen molar-refractivity contribution >= 4 is 11.9 Å². The second-order valence-electron chi connectivity index (χ2n) is 18.0. The van der Waals surface area contributed by atoms with Gasteiger partial charge in [0.2, 0.25) is 5.91 Å². The standard InChI is InChI=1S/C58H101NO5/c1-4-7-10-13-16-19-22-25-27-29-32-34-37-40-43-46-49-54(64-58(63)51-48-45-42-39-36-33-30-28-26-23-20-17-14-11-8-5-2)52-57(62)59-55(53-60)56(61)50-47-44-41-38-35-31-24-21-18-15-12-9-6-3/h8,11,16-17,19-20,22,25-29,32,34,54-56,60-61H,4-7,9-10,12-15,18,21,23-24,30-31,33,35-53H2,1-3H3,(H,59,62)/b11-8+,19-16+,20-17+,25-22+,28-26+,29-27+,34-32+. The average Bonchev–Trinajstić information content (AvgIpc) is 3.29. The molecule has 0 radical (unpaired) electrons. The first-order valence-corrected chi connectivity index (χ1v) is 26.9. The molecule has 3 unspecified atom stereocenters. The molecule has 0 heterocycles. The van der Waals surface area contributed by atoms with Gasteiger partial charge in [0.05, 0.1) is 25.2 Å². The number of aliphatic hydroxyl groups excluding tert-OH is 2. The Balaban J connectivity index is 4.70. The molecule has 3 N–H and O–H groups in total. The largest absolute Gasteiger partial charge is 0.462 e. The van der Waals surface area contributed by atoms with Gasteiger partial charge < -0.3 is 20.3 Å². The van der Waals surface area contributed by atoms with E-state index in [-0.39, 0.29) is 24.9 Å². The molecule has 3 atom stereocenters. The fourth-order valence-electron chi connectivity index (χ4n) is 7.75. The highest BCUT2D eigenvalue weighted by Crippen LogP contribution is 2.17. The zero-order valence-corrected chi connectivity index (χ0v) is 41.9. The van der Waals surface area contributed by atoms with Crippen molar-refractivity contribution in [2.24, 2.45) is 0 Å². The van der Waals surface area contributed by atoms with Gasteiger partial charge in [0, 0.05) is 6.42 Å². The molecule has 0 aliphatic heterocycles. The molecule has 0 rings (SSSR count). The molecule has 0 fully saturated rings. The molecule has 0 aliphatic rings. The van der Waals surface area contributed by atoms with Crippen LogP contribution in [0.3, 0.4) is 0 Å². The lowest BCUT2D eigenvalue weighted by Crippen LogP contribution is -2.46. The van der Waals surface area contributed by atoms with Gasteiger partial charge in [0.1, 0.15) is 6.10 Å². The number of allylic oxidation sites excluding steroid dienone is 14. The fourth-order valence-corrected chi connectivity index (χ4v) is 7.75. The van der Waals surface area contributed by atoms with Crippen LogP contribution in [0.15, 0.2) is 85.1 Å². The molecule has 6 heteroatoms. The Morgan fingerprint density at radius 3 is 1.47 bits per heavy atom. The van der Waals surface area contributed by atoms with Crippen LogP contribution in [0.1, 0.15) is 245 Å². The molecule has 1 amide bonds. The summed E-state index contributed by atoms with van der Waals surface area (Å²) in [5.74, 6) is -0.529. The summed E-state index contributed by atoms with van der Waals surface area (Å²) in [7, 11) is 0. The third kappa shape index (κ3) is 45.6. The zero-order chi connectivity index (χ0) is 46.7. The van der Waals surface area contributed by atoms with Crippen LogP contribution < -0.4 is 5.32 Å². The topological polar surface area (TPSA) is 95.9 Å². The molecule has 368 valence electrons. The van der Waals surface area contributed by atoms with Crippen LogP contribution in [-0.4, -0.2) is 46.9 Å².